The van der Waals surface area contributed by atoms with Crippen LogP contribution in [0, 0.1) is 5.41 Å². The summed E-state index contributed by atoms with van der Waals surface area (Å²) in [5, 5.41) is 4.13. The van der Waals surface area contributed by atoms with Crippen molar-refractivity contribution in [1.82, 2.24) is 0 Å². The lowest BCUT2D eigenvalue weighted by atomic mass is 9.94. The minimum absolute atomic E-state index is 0.134. The number of hydrogen-bond acceptors (Lipinski definition) is 3. The van der Waals surface area contributed by atoms with Gasteiger partial charge >= 0.3 is 0 Å². The van der Waals surface area contributed by atoms with E-state index in [0.717, 1.165) is 18.8 Å². The fourth-order valence-electron chi connectivity index (χ4n) is 1.44. The predicted molar refractivity (Wildman–Crippen MR) is 57.4 cm³/mol. The maximum absolute atomic E-state index is 5.81. The molecule has 0 radical (unpaired) electrons. The van der Waals surface area contributed by atoms with E-state index in [4.69, 9.17) is 9.47 Å². The van der Waals surface area contributed by atoms with Crippen LogP contribution in [0.1, 0.15) is 26.3 Å². The lowest BCUT2D eigenvalue weighted by molar-refractivity contribution is -0.297. The molecular weight excluding hydrogens is 196 g/mol. The molecule has 0 bridgehead atoms. The van der Waals surface area contributed by atoms with Crippen LogP contribution in [0.2, 0.25) is 0 Å². The molecule has 0 amide bonds. The third kappa shape index (κ3) is 1.85. The van der Waals surface area contributed by atoms with Crippen LogP contribution >= 0.6 is 11.3 Å². The van der Waals surface area contributed by atoms with Gasteiger partial charge in [-0.15, -0.1) is 0 Å². The van der Waals surface area contributed by atoms with Crippen molar-refractivity contribution in [2.24, 2.45) is 5.41 Å². The molecule has 2 heterocycles. The number of rotatable bonds is 1. The van der Waals surface area contributed by atoms with E-state index in [0.29, 0.717) is 0 Å². The van der Waals surface area contributed by atoms with Crippen molar-refractivity contribution in [3.05, 3.63) is 22.4 Å². The highest BCUT2D eigenvalue weighted by Gasteiger charge is 2.38. The second-order valence-corrected chi connectivity index (χ2v) is 5.48. The Balaban J connectivity index is 2.13. The average molecular weight is 212 g/mol. The van der Waals surface area contributed by atoms with Crippen LogP contribution < -0.4 is 0 Å². The van der Waals surface area contributed by atoms with Crippen molar-refractivity contribution in [3.63, 3.8) is 0 Å². The minimum atomic E-state index is -0.532. The molecule has 2 nitrogen and oxygen atoms in total. The molecule has 0 unspecified atom stereocenters. The Bertz CT molecular complexity index is 293. The lowest BCUT2D eigenvalue weighted by Crippen LogP contribution is -2.43. The molecule has 1 fully saturated rings. The Labute approximate surface area is 88.8 Å². The Morgan fingerprint density at radius 2 is 1.86 bits per heavy atom. The van der Waals surface area contributed by atoms with E-state index in [1.807, 2.05) is 12.3 Å². The fraction of sp³-hybridized carbons (Fsp3) is 0.636. The molecule has 1 aromatic rings. The first kappa shape index (κ1) is 10.1. The van der Waals surface area contributed by atoms with Gasteiger partial charge in [0.15, 0.2) is 5.79 Å². The number of ether oxygens (including phenoxy) is 2. The smallest absolute Gasteiger partial charge is 0.192 e. The molecule has 0 spiro atoms. The van der Waals surface area contributed by atoms with Crippen molar-refractivity contribution in [2.45, 2.75) is 26.6 Å². The van der Waals surface area contributed by atoms with E-state index < -0.39 is 5.79 Å². The van der Waals surface area contributed by atoms with E-state index in [2.05, 4.69) is 25.3 Å². The molecule has 0 N–H and O–H groups in total. The van der Waals surface area contributed by atoms with Crippen LogP contribution in [0.25, 0.3) is 0 Å². The normalized spacial score (nSPS) is 24.8. The van der Waals surface area contributed by atoms with E-state index >= 15 is 0 Å². The largest absolute Gasteiger partial charge is 0.345 e. The monoisotopic (exact) mass is 212 g/mol. The van der Waals surface area contributed by atoms with Gasteiger partial charge in [-0.05, 0) is 23.8 Å². The van der Waals surface area contributed by atoms with Crippen molar-refractivity contribution < 1.29 is 9.47 Å². The van der Waals surface area contributed by atoms with Gasteiger partial charge in [0.1, 0.15) is 0 Å². The first-order chi connectivity index (χ1) is 6.52. The first-order valence-electron chi connectivity index (χ1n) is 4.82. The predicted octanol–water partition coefficient (Wildman–Crippen LogP) is 2.99. The van der Waals surface area contributed by atoms with Gasteiger partial charge in [0.25, 0.3) is 0 Å². The topological polar surface area (TPSA) is 18.5 Å². The molecule has 78 valence electrons. The molecule has 0 atom stereocenters. The quantitative estimate of drug-likeness (QED) is 0.712. The van der Waals surface area contributed by atoms with Crippen molar-refractivity contribution >= 4 is 11.3 Å². The highest BCUT2D eigenvalue weighted by Crippen LogP contribution is 2.36. The zero-order valence-electron chi connectivity index (χ0n) is 8.87. The number of hydrogen-bond donors (Lipinski definition) is 0. The van der Waals surface area contributed by atoms with Crippen molar-refractivity contribution in [1.29, 1.82) is 0 Å². The first-order valence-corrected chi connectivity index (χ1v) is 5.77. The summed E-state index contributed by atoms with van der Waals surface area (Å²) in [6, 6.07) is 2.06. The van der Waals surface area contributed by atoms with Gasteiger partial charge in [-0.3, -0.25) is 0 Å². The zero-order valence-corrected chi connectivity index (χ0v) is 9.69. The molecule has 14 heavy (non-hydrogen) atoms. The summed E-state index contributed by atoms with van der Waals surface area (Å²) in [7, 11) is 0. The van der Waals surface area contributed by atoms with Gasteiger partial charge in [-0.2, -0.15) is 11.3 Å². The summed E-state index contributed by atoms with van der Waals surface area (Å²) in [6.45, 7) is 7.80. The number of thiophene rings is 1. The van der Waals surface area contributed by atoms with E-state index in [1.165, 1.54) is 0 Å². The van der Waals surface area contributed by atoms with E-state index in [9.17, 15) is 0 Å². The summed E-state index contributed by atoms with van der Waals surface area (Å²) in [5.41, 5.74) is 1.26. The molecule has 0 saturated carbocycles. The molecule has 1 saturated heterocycles. The van der Waals surface area contributed by atoms with Crippen LogP contribution in [0.5, 0.6) is 0 Å². The van der Waals surface area contributed by atoms with Gasteiger partial charge in [-0.1, -0.05) is 13.8 Å². The van der Waals surface area contributed by atoms with Gasteiger partial charge in [0.2, 0.25) is 0 Å². The summed E-state index contributed by atoms with van der Waals surface area (Å²) in [6.07, 6.45) is 0. The van der Waals surface area contributed by atoms with E-state index in [-0.39, 0.29) is 5.41 Å². The summed E-state index contributed by atoms with van der Waals surface area (Å²) in [4.78, 5) is 0. The zero-order chi connectivity index (χ0) is 10.2. The highest BCUT2D eigenvalue weighted by atomic mass is 32.1. The van der Waals surface area contributed by atoms with Crippen LogP contribution in [-0.2, 0) is 15.3 Å². The summed E-state index contributed by atoms with van der Waals surface area (Å²) in [5.74, 6) is -0.532. The van der Waals surface area contributed by atoms with E-state index in [1.54, 1.807) is 11.3 Å². The second-order valence-electron chi connectivity index (χ2n) is 4.70. The van der Waals surface area contributed by atoms with Crippen LogP contribution in [0.15, 0.2) is 16.8 Å². The maximum atomic E-state index is 5.81. The Hall–Kier alpha value is -0.380. The van der Waals surface area contributed by atoms with Gasteiger partial charge in [0, 0.05) is 11.0 Å². The third-order valence-electron chi connectivity index (χ3n) is 2.52. The highest BCUT2D eigenvalue weighted by molar-refractivity contribution is 7.08. The third-order valence-corrected chi connectivity index (χ3v) is 3.21. The Kier molecular flexibility index (Phi) is 2.41. The molecular formula is C11H16O2S. The second kappa shape index (κ2) is 3.33. The van der Waals surface area contributed by atoms with Crippen molar-refractivity contribution in [3.8, 4) is 0 Å². The van der Waals surface area contributed by atoms with Gasteiger partial charge in [0.05, 0.1) is 13.2 Å². The SMILES string of the molecule is CC1(C)COC(C)(c2ccsc2)OC1. The summed E-state index contributed by atoms with van der Waals surface area (Å²) < 4.78 is 11.6. The van der Waals surface area contributed by atoms with Crippen LogP contribution in [-0.4, -0.2) is 13.2 Å². The minimum Gasteiger partial charge on any atom is -0.345 e. The Morgan fingerprint density at radius 1 is 1.21 bits per heavy atom. The van der Waals surface area contributed by atoms with Crippen LogP contribution in [0.3, 0.4) is 0 Å². The molecule has 0 aromatic carbocycles. The Morgan fingerprint density at radius 3 is 2.36 bits per heavy atom. The lowest BCUT2D eigenvalue weighted by Gasteiger charge is -2.41. The molecule has 3 heteroatoms. The fourth-order valence-corrected chi connectivity index (χ4v) is 2.18. The van der Waals surface area contributed by atoms with Crippen LogP contribution in [0.4, 0.5) is 0 Å². The molecule has 1 aromatic heterocycles. The van der Waals surface area contributed by atoms with Crippen molar-refractivity contribution in [2.75, 3.05) is 13.2 Å². The van der Waals surface area contributed by atoms with Gasteiger partial charge < -0.3 is 9.47 Å². The molecule has 2 rings (SSSR count). The molecule has 1 aliphatic heterocycles. The maximum Gasteiger partial charge on any atom is 0.192 e. The molecule has 0 aliphatic carbocycles. The average Bonchev–Trinajstić information content (AvgIpc) is 2.64. The van der Waals surface area contributed by atoms with Gasteiger partial charge in [-0.25, -0.2) is 0 Å². The summed E-state index contributed by atoms with van der Waals surface area (Å²) >= 11 is 1.67. The standard InChI is InChI=1S/C11H16O2S/c1-10(2)7-12-11(3,13-8-10)9-4-5-14-6-9/h4-6H,7-8H2,1-3H3. The molecule has 1 aliphatic rings.